The Hall–Kier alpha value is -2.50. The summed E-state index contributed by atoms with van der Waals surface area (Å²) in [6, 6.07) is 8.64. The van der Waals surface area contributed by atoms with Crippen LogP contribution in [0.4, 0.5) is 13.2 Å². The summed E-state index contributed by atoms with van der Waals surface area (Å²) in [7, 11) is -3.94. The molecule has 0 bridgehead atoms. The van der Waals surface area contributed by atoms with Crippen LogP contribution in [0, 0.1) is 0 Å². The van der Waals surface area contributed by atoms with Crippen LogP contribution in [0.5, 0.6) is 0 Å². The smallest absolute Gasteiger partial charge is 0.336 e. The first kappa shape index (κ1) is 20.8. The molecule has 0 saturated carbocycles. The molecule has 0 radical (unpaired) electrons. The van der Waals surface area contributed by atoms with Crippen LogP contribution in [0.25, 0.3) is 10.2 Å². The summed E-state index contributed by atoms with van der Waals surface area (Å²) in [6.45, 7) is 0.522. The van der Waals surface area contributed by atoms with E-state index in [4.69, 9.17) is 0 Å². The number of hydrogen-bond acceptors (Lipinski definition) is 5. The first-order chi connectivity index (χ1) is 14.2. The lowest BCUT2D eigenvalue weighted by molar-refractivity contribution is -0.137. The van der Waals surface area contributed by atoms with E-state index < -0.39 is 21.8 Å². The lowest BCUT2D eigenvalue weighted by atomic mass is 10.2. The van der Waals surface area contributed by atoms with E-state index >= 15 is 0 Å². The number of nitrogens with zero attached hydrogens (tertiary/aromatic N) is 3. The van der Waals surface area contributed by atoms with Crippen molar-refractivity contribution in [1.29, 1.82) is 0 Å². The molecular formula is C19H16F3N3O3S2. The Morgan fingerprint density at radius 1 is 1.00 bits per heavy atom. The van der Waals surface area contributed by atoms with Gasteiger partial charge in [-0.05, 0) is 42.5 Å². The molecule has 2 aromatic carbocycles. The van der Waals surface area contributed by atoms with Crippen molar-refractivity contribution in [2.75, 3.05) is 26.2 Å². The monoisotopic (exact) mass is 455 g/mol. The molecule has 1 amide bonds. The Morgan fingerprint density at radius 3 is 2.30 bits per heavy atom. The average molecular weight is 455 g/mol. The molecule has 30 heavy (non-hydrogen) atoms. The minimum atomic E-state index is -4.53. The van der Waals surface area contributed by atoms with Gasteiger partial charge in [0, 0.05) is 31.7 Å². The van der Waals surface area contributed by atoms with Gasteiger partial charge in [-0.1, -0.05) is 0 Å². The molecule has 3 aromatic rings. The fourth-order valence-corrected chi connectivity index (χ4v) is 5.41. The Labute approximate surface area is 174 Å². The predicted octanol–water partition coefficient (Wildman–Crippen LogP) is 3.46. The van der Waals surface area contributed by atoms with Crippen LogP contribution in [-0.2, 0) is 16.2 Å². The van der Waals surface area contributed by atoms with Gasteiger partial charge in [0.2, 0.25) is 10.0 Å². The van der Waals surface area contributed by atoms with E-state index in [9.17, 15) is 26.4 Å². The topological polar surface area (TPSA) is 70.6 Å². The lowest BCUT2D eigenvalue weighted by Gasteiger charge is -2.34. The summed E-state index contributed by atoms with van der Waals surface area (Å²) in [5.74, 6) is -0.197. The van der Waals surface area contributed by atoms with Gasteiger partial charge in [0.1, 0.15) is 0 Å². The number of halogens is 3. The normalized spacial score (nSPS) is 16.2. The van der Waals surface area contributed by atoms with E-state index in [0.717, 1.165) is 34.5 Å². The molecule has 11 heteroatoms. The fraction of sp³-hybridized carbons (Fsp3) is 0.263. The molecule has 2 heterocycles. The molecule has 6 nitrogen and oxygen atoms in total. The van der Waals surface area contributed by atoms with Gasteiger partial charge in [0.25, 0.3) is 5.91 Å². The number of fused-ring (bicyclic) bond motifs is 1. The highest BCUT2D eigenvalue weighted by atomic mass is 32.2. The second-order valence-corrected chi connectivity index (χ2v) is 9.58. The highest BCUT2D eigenvalue weighted by Crippen LogP contribution is 2.30. The van der Waals surface area contributed by atoms with Crippen molar-refractivity contribution in [2.45, 2.75) is 11.1 Å². The minimum Gasteiger partial charge on any atom is -0.336 e. The summed E-state index contributed by atoms with van der Waals surface area (Å²) in [4.78, 5) is 18.3. The molecule has 1 saturated heterocycles. The van der Waals surface area contributed by atoms with Crippen LogP contribution >= 0.6 is 11.3 Å². The second kappa shape index (κ2) is 7.64. The fourth-order valence-electron chi connectivity index (χ4n) is 3.27. The zero-order chi connectivity index (χ0) is 21.5. The number of thiazole rings is 1. The third-order valence-electron chi connectivity index (χ3n) is 4.92. The minimum absolute atomic E-state index is 0.0674. The van der Waals surface area contributed by atoms with Crippen molar-refractivity contribution < 1.29 is 26.4 Å². The highest BCUT2D eigenvalue weighted by Gasteiger charge is 2.33. The molecule has 0 unspecified atom stereocenters. The van der Waals surface area contributed by atoms with Crippen LogP contribution in [0.3, 0.4) is 0 Å². The van der Waals surface area contributed by atoms with Crippen molar-refractivity contribution >= 4 is 37.5 Å². The van der Waals surface area contributed by atoms with Crippen LogP contribution in [0.2, 0.25) is 0 Å². The second-order valence-electron chi connectivity index (χ2n) is 6.75. The van der Waals surface area contributed by atoms with Gasteiger partial charge in [-0.2, -0.15) is 17.5 Å². The maximum Gasteiger partial charge on any atom is 0.416 e. The van der Waals surface area contributed by atoms with Crippen molar-refractivity contribution in [3.63, 3.8) is 0 Å². The van der Waals surface area contributed by atoms with Crippen LogP contribution < -0.4 is 0 Å². The van der Waals surface area contributed by atoms with Gasteiger partial charge in [-0.25, -0.2) is 13.4 Å². The van der Waals surface area contributed by atoms with E-state index in [2.05, 4.69) is 4.98 Å². The lowest BCUT2D eigenvalue weighted by Crippen LogP contribution is -2.50. The maximum absolute atomic E-state index is 12.8. The number of rotatable bonds is 3. The standard InChI is InChI=1S/C19H16F3N3O3S2/c20-19(21,22)14-2-4-15(5-3-14)30(27,28)25-9-7-24(8-10-25)18(26)13-1-6-16-17(11-13)29-12-23-16/h1-6,11-12H,7-10H2. The Morgan fingerprint density at radius 2 is 1.67 bits per heavy atom. The summed E-state index contributed by atoms with van der Waals surface area (Å²) >= 11 is 1.43. The van der Waals surface area contributed by atoms with Gasteiger partial charge in [0.05, 0.1) is 26.2 Å². The zero-order valence-electron chi connectivity index (χ0n) is 15.5. The van der Waals surface area contributed by atoms with Crippen molar-refractivity contribution in [2.24, 2.45) is 0 Å². The highest BCUT2D eigenvalue weighted by molar-refractivity contribution is 7.89. The molecule has 1 aliphatic heterocycles. The number of amides is 1. The van der Waals surface area contributed by atoms with E-state index in [0.29, 0.717) is 5.56 Å². The van der Waals surface area contributed by atoms with E-state index in [1.165, 1.54) is 15.6 Å². The van der Waals surface area contributed by atoms with Crippen LogP contribution in [0.15, 0.2) is 52.9 Å². The van der Waals surface area contributed by atoms with Gasteiger partial charge in [-0.3, -0.25) is 4.79 Å². The maximum atomic E-state index is 12.8. The molecule has 0 atom stereocenters. The van der Waals surface area contributed by atoms with Gasteiger partial charge in [-0.15, -0.1) is 11.3 Å². The number of benzene rings is 2. The molecule has 1 fully saturated rings. The van der Waals surface area contributed by atoms with Gasteiger partial charge in [0.15, 0.2) is 0 Å². The number of piperazine rings is 1. The first-order valence-corrected chi connectivity index (χ1v) is 11.3. The third-order valence-corrected chi connectivity index (χ3v) is 7.63. The summed E-state index contributed by atoms with van der Waals surface area (Å²) < 4.78 is 65.7. The number of carbonyl (C=O) groups excluding carboxylic acids is 1. The SMILES string of the molecule is O=C(c1ccc2ncsc2c1)N1CCN(S(=O)(=O)c2ccc(C(F)(F)F)cc2)CC1. The zero-order valence-corrected chi connectivity index (χ0v) is 17.1. The van der Waals surface area contributed by atoms with Gasteiger partial charge >= 0.3 is 6.18 Å². The van der Waals surface area contributed by atoms with E-state index in [-0.39, 0.29) is 37.0 Å². The predicted molar refractivity (Wildman–Crippen MR) is 106 cm³/mol. The molecule has 158 valence electrons. The Bertz CT molecular complexity index is 1180. The summed E-state index contributed by atoms with van der Waals surface area (Å²) in [6.07, 6.45) is -4.53. The third kappa shape index (κ3) is 3.92. The number of aromatic nitrogens is 1. The Kier molecular flexibility index (Phi) is 5.28. The molecule has 1 aliphatic rings. The molecular weight excluding hydrogens is 439 g/mol. The van der Waals surface area contributed by atoms with Crippen LogP contribution in [-0.4, -0.2) is 54.7 Å². The molecule has 0 N–H and O–H groups in total. The summed E-state index contributed by atoms with van der Waals surface area (Å²) in [5.41, 5.74) is 2.11. The van der Waals surface area contributed by atoms with E-state index in [1.807, 2.05) is 0 Å². The average Bonchev–Trinajstić information content (AvgIpc) is 3.20. The number of sulfonamides is 1. The first-order valence-electron chi connectivity index (χ1n) is 8.96. The van der Waals surface area contributed by atoms with Crippen molar-refractivity contribution in [3.8, 4) is 0 Å². The van der Waals surface area contributed by atoms with Crippen molar-refractivity contribution in [3.05, 3.63) is 59.1 Å². The van der Waals surface area contributed by atoms with Gasteiger partial charge < -0.3 is 4.90 Å². The number of alkyl halides is 3. The molecule has 4 rings (SSSR count). The Balaban J connectivity index is 1.44. The molecule has 0 spiro atoms. The van der Waals surface area contributed by atoms with Crippen LogP contribution in [0.1, 0.15) is 15.9 Å². The largest absolute Gasteiger partial charge is 0.416 e. The molecule has 0 aliphatic carbocycles. The number of carbonyl (C=O) groups is 1. The van der Waals surface area contributed by atoms with E-state index in [1.54, 1.807) is 28.6 Å². The summed E-state index contributed by atoms with van der Waals surface area (Å²) in [5, 5.41) is 0. The molecule has 1 aromatic heterocycles. The van der Waals surface area contributed by atoms with Crippen molar-refractivity contribution in [1.82, 2.24) is 14.2 Å². The quantitative estimate of drug-likeness (QED) is 0.607. The number of hydrogen-bond donors (Lipinski definition) is 0.